The van der Waals surface area contributed by atoms with Crippen LogP contribution < -0.4 is 9.47 Å². The quantitative estimate of drug-likeness (QED) is 0.304. The van der Waals surface area contributed by atoms with E-state index in [1.807, 2.05) is 24.0 Å². The van der Waals surface area contributed by atoms with Gasteiger partial charge in [-0.3, -0.25) is 14.6 Å². The van der Waals surface area contributed by atoms with Crippen molar-refractivity contribution < 1.29 is 32.2 Å². The minimum absolute atomic E-state index is 0.00520. The number of hydrogen-bond acceptors (Lipinski definition) is 8. The van der Waals surface area contributed by atoms with Gasteiger partial charge in [-0.25, -0.2) is 0 Å². The van der Waals surface area contributed by atoms with Crippen LogP contribution >= 0.6 is 0 Å². The zero-order valence-corrected chi connectivity index (χ0v) is 27.4. The first kappa shape index (κ1) is 32.8. The average Bonchev–Trinajstić information content (AvgIpc) is 3.93. The van der Waals surface area contributed by atoms with Crippen molar-refractivity contribution in [3.05, 3.63) is 83.2 Å². The maximum atomic E-state index is 13.7. The number of amides is 1. The lowest BCUT2D eigenvalue weighted by molar-refractivity contribution is -0.173. The zero-order valence-electron chi connectivity index (χ0n) is 27.4. The van der Waals surface area contributed by atoms with Crippen molar-refractivity contribution in [2.24, 2.45) is 5.41 Å². The number of methoxy groups -OCH3 is 1. The van der Waals surface area contributed by atoms with E-state index in [0.29, 0.717) is 57.3 Å². The Morgan fingerprint density at radius 3 is 2.17 bits per heavy atom. The fourth-order valence-electron chi connectivity index (χ4n) is 7.47. The van der Waals surface area contributed by atoms with Crippen LogP contribution in [0.2, 0.25) is 0 Å². The van der Waals surface area contributed by atoms with Crippen LogP contribution in [0.5, 0.6) is 11.8 Å². The highest BCUT2D eigenvalue weighted by Gasteiger charge is 2.48. The third kappa shape index (κ3) is 6.88. The lowest BCUT2D eigenvalue weighted by atomic mass is 9.81. The Bertz CT molecular complexity index is 1550. The fraction of sp³-hybridized carbons (Fsp3) is 0.528. The lowest BCUT2D eigenvalue weighted by Crippen LogP contribution is -2.68. The third-order valence-corrected chi connectivity index (χ3v) is 10.1. The van der Waals surface area contributed by atoms with Crippen molar-refractivity contribution in [3.8, 4) is 11.8 Å². The van der Waals surface area contributed by atoms with E-state index in [2.05, 4.69) is 68.3 Å². The summed E-state index contributed by atoms with van der Waals surface area (Å²) in [5.74, 6) is 0.830. The SMILES string of the molecule is COc1nc(C2CC2)nc(OCC(F)(F)F)c1CN1C[C@@H]2CN(C(=O)C3(C)COC3)CCN2[C@H](C(c2ccccc2)c2ccccc2)C1. The summed E-state index contributed by atoms with van der Waals surface area (Å²) in [6.45, 7) is 4.69. The molecule has 0 spiro atoms. The monoisotopic (exact) mass is 665 g/mol. The molecule has 9 nitrogen and oxygen atoms in total. The summed E-state index contributed by atoms with van der Waals surface area (Å²) < 4.78 is 56.7. The number of rotatable bonds is 10. The summed E-state index contributed by atoms with van der Waals surface area (Å²) in [7, 11) is 1.48. The third-order valence-electron chi connectivity index (χ3n) is 10.1. The first-order valence-electron chi connectivity index (χ1n) is 16.7. The number of piperazine rings is 2. The highest BCUT2D eigenvalue weighted by atomic mass is 19.4. The molecule has 3 aromatic rings. The molecule has 256 valence electrons. The molecule has 4 fully saturated rings. The fourth-order valence-corrected chi connectivity index (χ4v) is 7.47. The smallest absolute Gasteiger partial charge is 0.422 e. The Morgan fingerprint density at radius 1 is 0.958 bits per heavy atom. The molecule has 0 bridgehead atoms. The van der Waals surface area contributed by atoms with Crippen LogP contribution in [0, 0.1) is 5.41 Å². The molecule has 2 aromatic carbocycles. The van der Waals surface area contributed by atoms with Gasteiger partial charge in [-0.15, -0.1) is 0 Å². The summed E-state index contributed by atoms with van der Waals surface area (Å²) in [4.78, 5) is 29.5. The van der Waals surface area contributed by atoms with Crippen LogP contribution in [-0.4, -0.2) is 108 Å². The standard InChI is InChI=1S/C36H42F3N5O4/c1-35(21-47-22-35)34(45)43-15-16-44-27(18-43)17-42(20-29(44)30(24-9-5-3-6-10-24)25-11-7-4-8-12-25)19-28-32(46-2)40-31(26-13-14-26)41-33(28)48-23-36(37,38)39/h3-12,26-27,29-30H,13-23H2,1-2H3/t27-,29+/m1/s1. The second-order valence-electron chi connectivity index (χ2n) is 13.8. The molecule has 0 unspecified atom stereocenters. The molecule has 2 atom stereocenters. The van der Waals surface area contributed by atoms with E-state index in [-0.39, 0.29) is 48.1 Å². The van der Waals surface area contributed by atoms with Gasteiger partial charge in [-0.2, -0.15) is 23.1 Å². The second kappa shape index (κ2) is 13.3. The normalized spacial score (nSPS) is 23.0. The molecule has 7 rings (SSSR count). The topological polar surface area (TPSA) is 80.3 Å². The Hall–Kier alpha value is -3.74. The highest BCUT2D eigenvalue weighted by Crippen LogP contribution is 2.42. The molecule has 3 aliphatic heterocycles. The molecule has 1 aromatic heterocycles. The number of fused-ring (bicyclic) bond motifs is 1. The average molecular weight is 666 g/mol. The van der Waals surface area contributed by atoms with E-state index >= 15 is 0 Å². The van der Waals surface area contributed by atoms with Crippen molar-refractivity contribution in [2.45, 2.75) is 56.4 Å². The Morgan fingerprint density at radius 2 is 1.60 bits per heavy atom. The van der Waals surface area contributed by atoms with Gasteiger partial charge in [0.1, 0.15) is 5.82 Å². The van der Waals surface area contributed by atoms with Gasteiger partial charge in [0, 0.05) is 63.2 Å². The molecule has 12 heteroatoms. The van der Waals surface area contributed by atoms with Crippen LogP contribution in [0.3, 0.4) is 0 Å². The molecule has 1 saturated carbocycles. The summed E-state index contributed by atoms with van der Waals surface area (Å²) in [5.41, 5.74) is 2.24. The summed E-state index contributed by atoms with van der Waals surface area (Å²) >= 11 is 0. The first-order chi connectivity index (χ1) is 23.1. The van der Waals surface area contributed by atoms with Crippen molar-refractivity contribution in [3.63, 3.8) is 0 Å². The maximum absolute atomic E-state index is 13.7. The maximum Gasteiger partial charge on any atom is 0.422 e. The first-order valence-corrected chi connectivity index (χ1v) is 16.7. The van der Waals surface area contributed by atoms with Crippen LogP contribution in [-0.2, 0) is 16.1 Å². The van der Waals surface area contributed by atoms with E-state index in [1.54, 1.807) is 0 Å². The summed E-state index contributed by atoms with van der Waals surface area (Å²) in [6, 6.07) is 20.8. The number of carbonyl (C=O) groups excluding carboxylic acids is 1. The zero-order chi connectivity index (χ0) is 33.5. The molecule has 0 N–H and O–H groups in total. The van der Waals surface area contributed by atoms with E-state index in [0.717, 1.165) is 12.8 Å². The van der Waals surface area contributed by atoms with Crippen LogP contribution in [0.1, 0.15) is 54.1 Å². The molecule has 4 aliphatic rings. The van der Waals surface area contributed by atoms with Crippen molar-refractivity contribution >= 4 is 5.91 Å². The summed E-state index contributed by atoms with van der Waals surface area (Å²) in [6.07, 6.45) is -2.76. The minimum atomic E-state index is -4.52. The number of hydrogen-bond donors (Lipinski definition) is 0. The molecule has 1 aliphatic carbocycles. The molecule has 3 saturated heterocycles. The van der Waals surface area contributed by atoms with Gasteiger partial charge in [-0.1, -0.05) is 60.7 Å². The molecule has 48 heavy (non-hydrogen) atoms. The largest absolute Gasteiger partial charge is 0.481 e. The predicted molar refractivity (Wildman–Crippen MR) is 172 cm³/mol. The molecule has 1 amide bonds. The molecular formula is C36H42F3N5O4. The van der Waals surface area contributed by atoms with Crippen LogP contribution in [0.4, 0.5) is 13.2 Å². The number of benzene rings is 2. The van der Waals surface area contributed by atoms with E-state index in [1.165, 1.54) is 18.2 Å². The number of halogens is 3. The van der Waals surface area contributed by atoms with Crippen molar-refractivity contribution in [2.75, 3.05) is 59.7 Å². The predicted octanol–water partition coefficient (Wildman–Crippen LogP) is 4.87. The lowest BCUT2D eigenvalue weighted by Gasteiger charge is -2.54. The van der Waals surface area contributed by atoms with E-state index in [4.69, 9.17) is 14.2 Å². The Balaban J connectivity index is 1.25. The highest BCUT2D eigenvalue weighted by molar-refractivity contribution is 5.83. The van der Waals surface area contributed by atoms with Gasteiger partial charge in [-0.05, 0) is 30.9 Å². The van der Waals surface area contributed by atoms with Gasteiger partial charge >= 0.3 is 6.18 Å². The van der Waals surface area contributed by atoms with Crippen LogP contribution in [0.25, 0.3) is 0 Å². The number of nitrogens with zero attached hydrogens (tertiary/aromatic N) is 5. The number of ether oxygens (including phenoxy) is 3. The number of aromatic nitrogens is 2. The van der Waals surface area contributed by atoms with E-state index < -0.39 is 18.2 Å². The van der Waals surface area contributed by atoms with Gasteiger partial charge < -0.3 is 19.1 Å². The van der Waals surface area contributed by atoms with Crippen LogP contribution in [0.15, 0.2) is 60.7 Å². The minimum Gasteiger partial charge on any atom is -0.481 e. The van der Waals surface area contributed by atoms with Gasteiger partial charge in [0.25, 0.3) is 0 Å². The number of alkyl halides is 3. The molecular weight excluding hydrogens is 623 g/mol. The van der Waals surface area contributed by atoms with Crippen molar-refractivity contribution in [1.29, 1.82) is 0 Å². The van der Waals surface area contributed by atoms with Gasteiger partial charge in [0.15, 0.2) is 6.61 Å². The van der Waals surface area contributed by atoms with Gasteiger partial charge in [0.05, 0.1) is 31.3 Å². The molecule has 4 heterocycles. The summed E-state index contributed by atoms with van der Waals surface area (Å²) in [5, 5.41) is 0. The molecule has 0 radical (unpaired) electrons. The Labute approximate surface area is 279 Å². The van der Waals surface area contributed by atoms with Crippen molar-refractivity contribution in [1.82, 2.24) is 24.7 Å². The van der Waals surface area contributed by atoms with E-state index in [9.17, 15) is 18.0 Å². The second-order valence-corrected chi connectivity index (χ2v) is 13.8. The number of carbonyl (C=O) groups is 1. The van der Waals surface area contributed by atoms with Gasteiger partial charge in [0.2, 0.25) is 17.7 Å². The Kier molecular flexibility index (Phi) is 9.08.